The molecule has 0 saturated heterocycles. The van der Waals surface area contributed by atoms with E-state index in [1.807, 2.05) is 60.7 Å². The Bertz CT molecular complexity index is 811. The quantitative estimate of drug-likeness (QED) is 0.0929. The second-order valence-corrected chi connectivity index (χ2v) is 10.5. The van der Waals surface area contributed by atoms with E-state index in [2.05, 4.69) is 13.8 Å². The zero-order valence-electron chi connectivity index (χ0n) is 26.3. The molecule has 0 N–H and O–H groups in total. The fourth-order valence-corrected chi connectivity index (χ4v) is 4.94. The zero-order chi connectivity index (χ0) is 29.8. The van der Waals surface area contributed by atoms with Gasteiger partial charge in [0, 0.05) is 41.3 Å². The Kier molecular flexibility index (Phi) is 17.4. The van der Waals surface area contributed by atoms with Gasteiger partial charge < -0.3 is 33.2 Å². The fourth-order valence-electron chi connectivity index (χ4n) is 4.94. The summed E-state index contributed by atoms with van der Waals surface area (Å²) in [5.74, 6) is -2.32. The monoisotopic (exact) mass is 574 g/mol. The number of rotatable bonds is 24. The van der Waals surface area contributed by atoms with Crippen molar-refractivity contribution < 1.29 is 33.2 Å². The number of hydrogen-bond donors (Lipinski definition) is 0. The molecule has 0 aliphatic carbocycles. The predicted octanol–water partition coefficient (Wildman–Crippen LogP) is 8.01. The summed E-state index contributed by atoms with van der Waals surface area (Å²) in [5, 5.41) is 0. The number of hydrogen-bond acceptors (Lipinski definition) is 7. The van der Waals surface area contributed by atoms with Crippen molar-refractivity contribution in [2.75, 3.05) is 28.4 Å². The van der Waals surface area contributed by atoms with Gasteiger partial charge in [-0.05, 0) is 24.0 Å². The maximum absolute atomic E-state index is 6.76. The summed E-state index contributed by atoms with van der Waals surface area (Å²) in [4.78, 5) is 0. The summed E-state index contributed by atoms with van der Waals surface area (Å²) >= 11 is 0. The van der Waals surface area contributed by atoms with E-state index in [-0.39, 0.29) is 0 Å². The molecule has 0 aliphatic rings. The maximum atomic E-state index is 6.76. The first kappa shape index (κ1) is 35.4. The van der Waals surface area contributed by atoms with Gasteiger partial charge in [-0.25, -0.2) is 0 Å². The van der Waals surface area contributed by atoms with Crippen LogP contribution in [-0.2, 0) is 46.4 Å². The fraction of sp³-hybridized carbons (Fsp3) is 0.647. The van der Waals surface area contributed by atoms with Gasteiger partial charge in [-0.15, -0.1) is 0 Å². The molecule has 2 aromatic carbocycles. The molecule has 0 amide bonds. The number of ether oxygens (including phenoxy) is 7. The third-order valence-corrected chi connectivity index (χ3v) is 7.59. The second kappa shape index (κ2) is 20.1. The summed E-state index contributed by atoms with van der Waals surface area (Å²) < 4.78 is 44.0. The average molecular weight is 575 g/mol. The summed E-state index contributed by atoms with van der Waals surface area (Å²) in [5.41, 5.74) is 2.03. The van der Waals surface area contributed by atoms with Crippen LogP contribution in [0.2, 0.25) is 0 Å². The average Bonchev–Trinajstić information content (AvgIpc) is 3.03. The predicted molar refractivity (Wildman–Crippen MR) is 162 cm³/mol. The normalized spacial score (nSPS) is 13.8. The molecule has 41 heavy (non-hydrogen) atoms. The lowest BCUT2D eigenvalue weighted by Gasteiger charge is -2.43. The van der Waals surface area contributed by atoms with E-state index in [0.717, 1.165) is 62.5 Å². The minimum atomic E-state index is -1.16. The van der Waals surface area contributed by atoms with E-state index in [1.165, 1.54) is 0 Å². The SMILES string of the molecule is CCCCCCC(OC)(OC)C(OCc1ccccc1)OC(OCc1ccccc1)C(CCCCCC)(OC)OC. The maximum Gasteiger partial charge on any atom is 0.220 e. The van der Waals surface area contributed by atoms with Crippen molar-refractivity contribution in [3.8, 4) is 0 Å². The van der Waals surface area contributed by atoms with Crippen LogP contribution in [0.5, 0.6) is 0 Å². The van der Waals surface area contributed by atoms with Crippen molar-refractivity contribution in [1.82, 2.24) is 0 Å². The van der Waals surface area contributed by atoms with E-state index >= 15 is 0 Å². The highest BCUT2D eigenvalue weighted by atomic mass is 16.8. The van der Waals surface area contributed by atoms with Gasteiger partial charge in [0.15, 0.2) is 0 Å². The first-order valence-corrected chi connectivity index (χ1v) is 15.2. The van der Waals surface area contributed by atoms with Crippen LogP contribution in [0, 0.1) is 0 Å². The Hall–Kier alpha value is -1.84. The van der Waals surface area contributed by atoms with Crippen LogP contribution in [0.25, 0.3) is 0 Å². The Labute approximate surface area is 248 Å². The Morgan fingerprint density at radius 1 is 0.512 bits per heavy atom. The van der Waals surface area contributed by atoms with Crippen molar-refractivity contribution in [2.45, 2.75) is 115 Å². The lowest BCUT2D eigenvalue weighted by molar-refractivity contribution is -0.418. The zero-order valence-corrected chi connectivity index (χ0v) is 26.3. The third kappa shape index (κ3) is 11.4. The van der Waals surface area contributed by atoms with Gasteiger partial charge in [0.1, 0.15) is 0 Å². The minimum absolute atomic E-state index is 0.309. The van der Waals surface area contributed by atoms with Crippen molar-refractivity contribution in [3.05, 3.63) is 71.8 Å². The molecular formula is C34H54O7. The van der Waals surface area contributed by atoms with Crippen molar-refractivity contribution in [1.29, 1.82) is 0 Å². The molecule has 0 aromatic heterocycles. The molecule has 0 aliphatic heterocycles. The van der Waals surface area contributed by atoms with Gasteiger partial charge in [-0.1, -0.05) is 113 Å². The molecule has 2 atom stereocenters. The van der Waals surface area contributed by atoms with Crippen molar-refractivity contribution in [2.24, 2.45) is 0 Å². The molecule has 7 heteroatoms. The summed E-state index contributed by atoms with van der Waals surface area (Å²) in [6, 6.07) is 20.0. The Morgan fingerprint density at radius 3 is 1.20 bits per heavy atom. The van der Waals surface area contributed by atoms with E-state index in [0.29, 0.717) is 26.1 Å². The van der Waals surface area contributed by atoms with E-state index in [1.54, 1.807) is 28.4 Å². The van der Waals surface area contributed by atoms with Crippen LogP contribution >= 0.6 is 0 Å². The van der Waals surface area contributed by atoms with Crippen LogP contribution in [0.1, 0.15) is 89.2 Å². The smallest absolute Gasteiger partial charge is 0.220 e. The van der Waals surface area contributed by atoms with Gasteiger partial charge in [-0.3, -0.25) is 0 Å². The standard InChI is InChI=1S/C34H54O7/c1-7-9-11-19-25-33(35-3,36-4)31(39-27-29-21-15-13-16-22-29)41-32(40-28-30-23-17-14-18-24-30)34(37-5,38-6)26-20-12-10-8-2/h13-18,21-24,31-32H,7-12,19-20,25-28H2,1-6H3. The highest BCUT2D eigenvalue weighted by Crippen LogP contribution is 2.35. The summed E-state index contributed by atoms with van der Waals surface area (Å²) in [7, 11) is 6.54. The van der Waals surface area contributed by atoms with E-state index in [9.17, 15) is 0 Å². The Morgan fingerprint density at radius 2 is 0.878 bits per heavy atom. The minimum Gasteiger partial charge on any atom is -0.349 e. The first-order valence-electron chi connectivity index (χ1n) is 15.2. The van der Waals surface area contributed by atoms with Gasteiger partial charge in [0.2, 0.25) is 24.2 Å². The van der Waals surface area contributed by atoms with Crippen molar-refractivity contribution in [3.63, 3.8) is 0 Å². The van der Waals surface area contributed by atoms with Gasteiger partial charge >= 0.3 is 0 Å². The molecule has 7 nitrogen and oxygen atoms in total. The largest absolute Gasteiger partial charge is 0.349 e. The molecule has 0 radical (unpaired) electrons. The molecule has 2 unspecified atom stereocenters. The van der Waals surface area contributed by atoms with E-state index < -0.39 is 24.2 Å². The first-order chi connectivity index (χ1) is 20.0. The van der Waals surface area contributed by atoms with Gasteiger partial charge in [-0.2, -0.15) is 0 Å². The van der Waals surface area contributed by atoms with Crippen molar-refractivity contribution >= 4 is 0 Å². The molecular weight excluding hydrogens is 520 g/mol. The van der Waals surface area contributed by atoms with Gasteiger partial charge in [0.05, 0.1) is 13.2 Å². The molecule has 2 aromatic rings. The molecule has 0 spiro atoms. The van der Waals surface area contributed by atoms with Crippen LogP contribution in [0.15, 0.2) is 60.7 Å². The number of methoxy groups -OCH3 is 4. The summed E-state index contributed by atoms with van der Waals surface area (Å²) in [6.45, 7) is 5.01. The number of unbranched alkanes of at least 4 members (excludes halogenated alkanes) is 6. The highest BCUT2D eigenvalue weighted by molar-refractivity contribution is 5.14. The highest BCUT2D eigenvalue weighted by Gasteiger charge is 2.49. The van der Waals surface area contributed by atoms with Gasteiger partial charge in [0.25, 0.3) is 0 Å². The lowest BCUT2D eigenvalue weighted by atomic mass is 10.0. The van der Waals surface area contributed by atoms with Crippen LogP contribution in [0.4, 0.5) is 0 Å². The third-order valence-electron chi connectivity index (χ3n) is 7.59. The van der Waals surface area contributed by atoms with Crippen LogP contribution in [0.3, 0.4) is 0 Å². The van der Waals surface area contributed by atoms with Crippen LogP contribution < -0.4 is 0 Å². The molecule has 0 fully saturated rings. The second-order valence-electron chi connectivity index (χ2n) is 10.5. The van der Waals surface area contributed by atoms with Crippen LogP contribution in [-0.4, -0.2) is 52.6 Å². The number of benzene rings is 2. The molecule has 232 valence electrons. The lowest BCUT2D eigenvalue weighted by Crippen LogP contribution is -2.56. The molecule has 0 bridgehead atoms. The molecule has 2 rings (SSSR count). The Balaban J connectivity index is 2.42. The molecule has 0 heterocycles. The topological polar surface area (TPSA) is 64.6 Å². The molecule has 0 saturated carbocycles. The summed E-state index contributed by atoms with van der Waals surface area (Å²) in [6.07, 6.45) is 7.78. The van der Waals surface area contributed by atoms with E-state index in [4.69, 9.17) is 33.2 Å².